The number of ketones is 1. The van der Waals surface area contributed by atoms with E-state index in [4.69, 9.17) is 21.1 Å². The van der Waals surface area contributed by atoms with E-state index in [-0.39, 0.29) is 29.3 Å². The first-order valence-corrected chi connectivity index (χ1v) is 9.24. The van der Waals surface area contributed by atoms with Crippen molar-refractivity contribution < 1.29 is 28.2 Å². The van der Waals surface area contributed by atoms with Gasteiger partial charge in [-0.2, -0.15) is 0 Å². The molecule has 0 saturated heterocycles. The van der Waals surface area contributed by atoms with Gasteiger partial charge in [-0.1, -0.05) is 27.5 Å². The molecule has 0 fully saturated rings. The first-order chi connectivity index (χ1) is 13.3. The number of anilines is 1. The van der Waals surface area contributed by atoms with E-state index in [0.717, 1.165) is 6.07 Å². The van der Waals surface area contributed by atoms with Crippen molar-refractivity contribution in [1.29, 1.82) is 0 Å². The smallest absolute Gasteiger partial charge is 0.306 e. The van der Waals surface area contributed by atoms with E-state index in [9.17, 15) is 18.8 Å². The Morgan fingerprint density at radius 1 is 1.14 bits per heavy atom. The molecule has 1 amide bonds. The van der Waals surface area contributed by atoms with Crippen LogP contribution >= 0.6 is 27.5 Å². The van der Waals surface area contributed by atoms with Gasteiger partial charge < -0.3 is 14.8 Å². The van der Waals surface area contributed by atoms with Crippen LogP contribution in [0.3, 0.4) is 0 Å². The number of ether oxygens (including phenoxy) is 2. The molecule has 2 aromatic rings. The van der Waals surface area contributed by atoms with Crippen molar-refractivity contribution in [2.75, 3.05) is 19.0 Å². The normalized spacial score (nSPS) is 10.3. The standard InChI is InChI=1S/C19H16BrClFNO5/c1-27-17-6-2-11(20)8-13(17)16(24)5-7-19(26)28-10-18(25)23-12-3-4-15(22)14(21)9-12/h2-4,6,8-9H,5,7,10H2,1H3,(H,23,25). The number of nitrogens with one attached hydrogen (secondary N) is 1. The van der Waals surface area contributed by atoms with Crippen molar-refractivity contribution in [3.63, 3.8) is 0 Å². The highest BCUT2D eigenvalue weighted by Gasteiger charge is 2.16. The zero-order chi connectivity index (χ0) is 20.7. The fraction of sp³-hybridized carbons (Fsp3) is 0.211. The Balaban J connectivity index is 1.81. The highest BCUT2D eigenvalue weighted by Crippen LogP contribution is 2.24. The molecule has 0 aromatic heterocycles. The number of Topliss-reactive ketones (excluding diaryl/α,β-unsaturated/α-hetero) is 1. The molecule has 0 saturated carbocycles. The second-order valence-electron chi connectivity index (χ2n) is 5.61. The van der Waals surface area contributed by atoms with Gasteiger partial charge in [-0.3, -0.25) is 14.4 Å². The first-order valence-electron chi connectivity index (χ1n) is 8.07. The third-order valence-electron chi connectivity index (χ3n) is 3.59. The molecule has 28 heavy (non-hydrogen) atoms. The Kier molecular flexibility index (Phi) is 7.95. The molecule has 0 heterocycles. The van der Waals surface area contributed by atoms with E-state index in [2.05, 4.69) is 21.2 Å². The lowest BCUT2D eigenvalue weighted by Gasteiger charge is -2.09. The van der Waals surface area contributed by atoms with Crippen LogP contribution in [0.2, 0.25) is 5.02 Å². The predicted octanol–water partition coefficient (Wildman–Crippen LogP) is 4.40. The summed E-state index contributed by atoms with van der Waals surface area (Å²) in [5, 5.41) is 2.28. The van der Waals surface area contributed by atoms with Gasteiger partial charge in [0.2, 0.25) is 0 Å². The van der Waals surface area contributed by atoms with Gasteiger partial charge in [0.25, 0.3) is 5.91 Å². The van der Waals surface area contributed by atoms with Gasteiger partial charge in [0.05, 0.1) is 24.1 Å². The van der Waals surface area contributed by atoms with Gasteiger partial charge in [0, 0.05) is 16.6 Å². The zero-order valence-electron chi connectivity index (χ0n) is 14.8. The van der Waals surface area contributed by atoms with Crippen LogP contribution in [0.15, 0.2) is 40.9 Å². The number of esters is 1. The number of benzene rings is 2. The van der Waals surface area contributed by atoms with Crippen molar-refractivity contribution >= 4 is 50.9 Å². The van der Waals surface area contributed by atoms with Gasteiger partial charge in [0.1, 0.15) is 11.6 Å². The molecule has 0 unspecified atom stereocenters. The largest absolute Gasteiger partial charge is 0.496 e. The van der Waals surface area contributed by atoms with Crippen LogP contribution in [-0.4, -0.2) is 31.4 Å². The summed E-state index contributed by atoms with van der Waals surface area (Å²) in [5.41, 5.74) is 0.611. The molecule has 0 atom stereocenters. The molecule has 0 aliphatic heterocycles. The van der Waals surface area contributed by atoms with E-state index in [1.165, 1.54) is 19.2 Å². The van der Waals surface area contributed by atoms with Crippen LogP contribution in [0.4, 0.5) is 10.1 Å². The number of hydrogen-bond acceptors (Lipinski definition) is 5. The van der Waals surface area contributed by atoms with Crippen molar-refractivity contribution in [1.82, 2.24) is 0 Å². The van der Waals surface area contributed by atoms with Crippen LogP contribution in [-0.2, 0) is 14.3 Å². The van der Waals surface area contributed by atoms with Crippen LogP contribution in [0.25, 0.3) is 0 Å². The molecule has 2 aromatic carbocycles. The lowest BCUT2D eigenvalue weighted by Crippen LogP contribution is -2.21. The maximum atomic E-state index is 13.1. The summed E-state index contributed by atoms with van der Waals surface area (Å²) in [6.07, 6.45) is -0.287. The SMILES string of the molecule is COc1ccc(Br)cc1C(=O)CCC(=O)OCC(=O)Nc1ccc(F)c(Cl)c1. The van der Waals surface area contributed by atoms with Crippen molar-refractivity contribution in [2.24, 2.45) is 0 Å². The van der Waals surface area contributed by atoms with Crippen LogP contribution in [0, 0.1) is 5.82 Å². The van der Waals surface area contributed by atoms with Gasteiger partial charge >= 0.3 is 5.97 Å². The lowest BCUT2D eigenvalue weighted by molar-refractivity contribution is -0.147. The van der Waals surface area contributed by atoms with Crippen molar-refractivity contribution in [3.8, 4) is 5.75 Å². The van der Waals surface area contributed by atoms with Crippen LogP contribution in [0.5, 0.6) is 5.75 Å². The summed E-state index contributed by atoms with van der Waals surface area (Å²) in [6, 6.07) is 8.64. The quantitative estimate of drug-likeness (QED) is 0.455. The third-order valence-corrected chi connectivity index (χ3v) is 4.37. The molecule has 6 nitrogen and oxygen atoms in total. The number of amides is 1. The fourth-order valence-corrected chi connectivity index (χ4v) is 2.78. The molecule has 0 aliphatic rings. The number of hydrogen-bond donors (Lipinski definition) is 1. The van der Waals surface area contributed by atoms with Gasteiger partial charge in [-0.25, -0.2) is 4.39 Å². The number of carbonyl (C=O) groups excluding carboxylic acids is 3. The maximum Gasteiger partial charge on any atom is 0.306 e. The van der Waals surface area contributed by atoms with Crippen LogP contribution in [0.1, 0.15) is 23.2 Å². The molecule has 0 spiro atoms. The minimum Gasteiger partial charge on any atom is -0.496 e. The number of methoxy groups -OCH3 is 1. The minimum absolute atomic E-state index is 0.0964. The minimum atomic E-state index is -0.699. The van der Waals surface area contributed by atoms with Crippen molar-refractivity contribution in [3.05, 3.63) is 57.3 Å². The van der Waals surface area contributed by atoms with E-state index in [1.54, 1.807) is 18.2 Å². The Morgan fingerprint density at radius 2 is 1.89 bits per heavy atom. The molecular weight excluding hydrogens is 457 g/mol. The van der Waals surface area contributed by atoms with Gasteiger partial charge in [-0.05, 0) is 36.4 Å². The predicted molar refractivity (Wildman–Crippen MR) is 105 cm³/mol. The Bertz CT molecular complexity index is 906. The molecule has 0 aliphatic carbocycles. The summed E-state index contributed by atoms with van der Waals surface area (Å²) >= 11 is 8.90. The van der Waals surface area contributed by atoms with Gasteiger partial charge in [0.15, 0.2) is 12.4 Å². The average Bonchev–Trinajstić information content (AvgIpc) is 2.67. The topological polar surface area (TPSA) is 81.7 Å². The average molecular weight is 473 g/mol. The molecule has 9 heteroatoms. The highest BCUT2D eigenvalue weighted by atomic mass is 79.9. The first kappa shape index (κ1) is 21.8. The number of carbonyl (C=O) groups is 3. The number of halogens is 3. The summed E-state index contributed by atoms with van der Waals surface area (Å²) in [4.78, 5) is 35.9. The second kappa shape index (κ2) is 10.2. The summed E-state index contributed by atoms with van der Waals surface area (Å²) in [7, 11) is 1.45. The molecule has 0 bridgehead atoms. The summed E-state index contributed by atoms with van der Waals surface area (Å²) in [5.74, 6) is -1.82. The molecule has 1 N–H and O–H groups in total. The lowest BCUT2D eigenvalue weighted by atomic mass is 10.1. The Hall–Kier alpha value is -2.45. The van der Waals surface area contributed by atoms with Gasteiger partial charge in [-0.15, -0.1) is 0 Å². The van der Waals surface area contributed by atoms with E-state index in [1.807, 2.05) is 0 Å². The van der Waals surface area contributed by atoms with E-state index in [0.29, 0.717) is 15.8 Å². The third kappa shape index (κ3) is 6.31. The monoisotopic (exact) mass is 471 g/mol. The molecule has 0 radical (unpaired) electrons. The Labute approximate surface area is 174 Å². The zero-order valence-corrected chi connectivity index (χ0v) is 17.1. The molecular formula is C19H16BrClFNO5. The summed E-state index contributed by atoms with van der Waals surface area (Å²) < 4.78 is 23.8. The molecule has 148 valence electrons. The molecule has 2 rings (SSSR count). The van der Waals surface area contributed by atoms with Crippen LogP contribution < -0.4 is 10.1 Å². The second-order valence-corrected chi connectivity index (χ2v) is 6.93. The van der Waals surface area contributed by atoms with Crippen molar-refractivity contribution in [2.45, 2.75) is 12.8 Å². The maximum absolute atomic E-state index is 13.1. The van der Waals surface area contributed by atoms with E-state index >= 15 is 0 Å². The van der Waals surface area contributed by atoms with E-state index < -0.39 is 24.3 Å². The summed E-state index contributed by atoms with van der Waals surface area (Å²) in [6.45, 7) is -0.539. The fourth-order valence-electron chi connectivity index (χ4n) is 2.24. The number of rotatable bonds is 8. The Morgan fingerprint density at radius 3 is 2.57 bits per heavy atom. The highest BCUT2D eigenvalue weighted by molar-refractivity contribution is 9.10.